The zero-order chi connectivity index (χ0) is 14.1. The Hall–Kier alpha value is -1.55. The van der Waals surface area contributed by atoms with Crippen LogP contribution in [0.4, 0.5) is 8.78 Å². The van der Waals surface area contributed by atoms with Crippen molar-refractivity contribution in [2.24, 2.45) is 0 Å². The Labute approximate surface area is 115 Å². The molecule has 0 radical (unpaired) electrons. The number of morpholine rings is 1. The first-order chi connectivity index (χ1) is 9.70. The molecule has 0 amide bonds. The molecule has 0 bridgehead atoms. The summed E-state index contributed by atoms with van der Waals surface area (Å²) < 4.78 is 33.2. The van der Waals surface area contributed by atoms with Gasteiger partial charge in [0.1, 0.15) is 23.3 Å². The number of nitriles is 1. The van der Waals surface area contributed by atoms with Gasteiger partial charge >= 0.3 is 0 Å². The molecule has 1 aromatic carbocycles. The van der Waals surface area contributed by atoms with Crippen molar-refractivity contribution in [1.29, 1.82) is 5.26 Å². The Morgan fingerprint density at radius 2 is 2.25 bits per heavy atom. The lowest BCUT2D eigenvalue weighted by Crippen LogP contribution is -2.57. The van der Waals surface area contributed by atoms with E-state index >= 15 is 0 Å². The minimum absolute atomic E-state index is 0.264. The molecule has 4 nitrogen and oxygen atoms in total. The zero-order valence-corrected chi connectivity index (χ0v) is 10.9. The van der Waals surface area contributed by atoms with Gasteiger partial charge in [0.2, 0.25) is 0 Å². The highest BCUT2D eigenvalue weighted by Crippen LogP contribution is 2.29. The van der Waals surface area contributed by atoms with E-state index < -0.39 is 23.3 Å². The fourth-order valence-corrected chi connectivity index (χ4v) is 2.81. The van der Waals surface area contributed by atoms with Crippen molar-refractivity contribution in [1.82, 2.24) is 10.2 Å². The van der Waals surface area contributed by atoms with Gasteiger partial charge in [-0.3, -0.25) is 4.90 Å². The number of hydrogen-bond donors (Lipinski definition) is 1. The molecule has 106 valence electrons. The van der Waals surface area contributed by atoms with Crippen LogP contribution >= 0.6 is 0 Å². The molecule has 6 heteroatoms. The number of piperazine rings is 1. The third-order valence-corrected chi connectivity index (χ3v) is 3.94. The molecule has 1 N–H and O–H groups in total. The molecule has 2 aliphatic heterocycles. The molecule has 0 spiro atoms. The zero-order valence-electron chi connectivity index (χ0n) is 10.9. The molecular formula is C14H15F2N3O. The SMILES string of the molecule is N#Cc1c(F)ccc([C@@H]2CN3CCNC[C@H]3CO2)c1F. The smallest absolute Gasteiger partial charge is 0.149 e. The minimum atomic E-state index is -0.829. The number of fused-ring (bicyclic) bond motifs is 1. The van der Waals surface area contributed by atoms with Crippen molar-refractivity contribution in [3.05, 3.63) is 34.9 Å². The Morgan fingerprint density at radius 3 is 3.05 bits per heavy atom. The third-order valence-electron chi connectivity index (χ3n) is 3.94. The topological polar surface area (TPSA) is 48.3 Å². The number of rotatable bonds is 1. The van der Waals surface area contributed by atoms with Crippen LogP contribution in [0.25, 0.3) is 0 Å². The standard InChI is InChI=1S/C14H15F2N3O/c15-12-2-1-10(14(16)11(12)5-17)13-7-19-4-3-18-6-9(19)8-20-13/h1-2,9,13,18H,3-4,6-8H2/t9-,13-/m0/s1. The molecular weight excluding hydrogens is 264 g/mol. The molecule has 1 aromatic rings. The maximum atomic E-state index is 14.2. The van der Waals surface area contributed by atoms with E-state index in [0.717, 1.165) is 25.7 Å². The molecule has 2 fully saturated rings. The summed E-state index contributed by atoms with van der Waals surface area (Å²) in [5, 5.41) is 12.1. The molecule has 2 saturated heterocycles. The summed E-state index contributed by atoms with van der Waals surface area (Å²) in [4.78, 5) is 2.25. The first-order valence-corrected chi connectivity index (χ1v) is 6.65. The van der Waals surface area contributed by atoms with Gasteiger partial charge in [0.25, 0.3) is 0 Å². The lowest BCUT2D eigenvalue weighted by molar-refractivity contribution is -0.0730. The van der Waals surface area contributed by atoms with Gasteiger partial charge in [-0.2, -0.15) is 5.26 Å². The number of ether oxygens (including phenoxy) is 1. The third kappa shape index (κ3) is 2.29. The van der Waals surface area contributed by atoms with Gasteiger partial charge in [0, 0.05) is 37.8 Å². The second-order valence-corrected chi connectivity index (χ2v) is 5.11. The van der Waals surface area contributed by atoms with Crippen LogP contribution in [-0.2, 0) is 4.74 Å². The molecule has 2 atom stereocenters. The summed E-state index contributed by atoms with van der Waals surface area (Å²) in [6.45, 7) is 3.73. The quantitative estimate of drug-likeness (QED) is 0.838. The van der Waals surface area contributed by atoms with Crippen molar-refractivity contribution >= 4 is 0 Å². The van der Waals surface area contributed by atoms with Gasteiger partial charge in [-0.05, 0) is 6.07 Å². The van der Waals surface area contributed by atoms with E-state index in [1.165, 1.54) is 6.07 Å². The second kappa shape index (κ2) is 5.44. The molecule has 2 heterocycles. The van der Waals surface area contributed by atoms with Crippen molar-refractivity contribution in [2.75, 3.05) is 32.8 Å². The minimum Gasteiger partial charge on any atom is -0.370 e. The van der Waals surface area contributed by atoms with Crippen LogP contribution in [0.15, 0.2) is 12.1 Å². The number of halogens is 2. The lowest BCUT2D eigenvalue weighted by Gasteiger charge is -2.42. The van der Waals surface area contributed by atoms with Crippen molar-refractivity contribution in [3.8, 4) is 6.07 Å². The fraction of sp³-hybridized carbons (Fsp3) is 0.500. The van der Waals surface area contributed by atoms with Crippen LogP contribution in [0.5, 0.6) is 0 Å². The first-order valence-electron chi connectivity index (χ1n) is 6.65. The average Bonchev–Trinajstić information content (AvgIpc) is 2.47. The van der Waals surface area contributed by atoms with Crippen LogP contribution in [0, 0.1) is 23.0 Å². The Balaban J connectivity index is 1.85. The molecule has 20 heavy (non-hydrogen) atoms. The van der Waals surface area contributed by atoms with Gasteiger partial charge in [0.05, 0.1) is 12.7 Å². The van der Waals surface area contributed by atoms with E-state index in [4.69, 9.17) is 10.00 Å². The highest BCUT2D eigenvalue weighted by atomic mass is 19.1. The summed E-state index contributed by atoms with van der Waals surface area (Å²) in [6.07, 6.45) is -0.447. The maximum Gasteiger partial charge on any atom is 0.149 e. The predicted octanol–water partition coefficient (Wildman–Crippen LogP) is 1.18. The van der Waals surface area contributed by atoms with Gasteiger partial charge < -0.3 is 10.1 Å². The highest BCUT2D eigenvalue weighted by Gasteiger charge is 2.33. The summed E-state index contributed by atoms with van der Waals surface area (Å²) in [7, 11) is 0. The van der Waals surface area contributed by atoms with Crippen LogP contribution in [0.2, 0.25) is 0 Å². The Bertz CT molecular complexity index is 558. The van der Waals surface area contributed by atoms with E-state index in [-0.39, 0.29) is 5.56 Å². The largest absolute Gasteiger partial charge is 0.370 e. The van der Waals surface area contributed by atoms with E-state index in [0.29, 0.717) is 19.2 Å². The number of nitrogens with one attached hydrogen (secondary N) is 1. The lowest BCUT2D eigenvalue weighted by atomic mass is 10.0. The summed E-state index contributed by atoms with van der Waals surface area (Å²) in [6, 6.07) is 4.38. The molecule has 0 unspecified atom stereocenters. The maximum absolute atomic E-state index is 14.2. The molecule has 2 aliphatic rings. The fourth-order valence-electron chi connectivity index (χ4n) is 2.81. The Morgan fingerprint density at radius 1 is 1.40 bits per heavy atom. The number of nitrogens with zero attached hydrogens (tertiary/aromatic N) is 2. The normalized spacial score (nSPS) is 26.9. The molecule has 0 aromatic heterocycles. The van der Waals surface area contributed by atoms with Gasteiger partial charge in [-0.1, -0.05) is 6.07 Å². The highest BCUT2D eigenvalue weighted by molar-refractivity contribution is 5.37. The van der Waals surface area contributed by atoms with E-state index in [1.54, 1.807) is 6.07 Å². The molecule has 0 saturated carbocycles. The number of hydrogen-bond acceptors (Lipinski definition) is 4. The van der Waals surface area contributed by atoms with Crippen molar-refractivity contribution in [3.63, 3.8) is 0 Å². The molecule has 0 aliphatic carbocycles. The summed E-state index contributed by atoms with van der Waals surface area (Å²) in [5.41, 5.74) is -0.270. The van der Waals surface area contributed by atoms with Crippen LogP contribution < -0.4 is 5.32 Å². The van der Waals surface area contributed by atoms with Gasteiger partial charge in [-0.15, -0.1) is 0 Å². The first kappa shape index (κ1) is 13.4. The summed E-state index contributed by atoms with van der Waals surface area (Å²) in [5.74, 6) is -1.63. The summed E-state index contributed by atoms with van der Waals surface area (Å²) >= 11 is 0. The van der Waals surface area contributed by atoms with Gasteiger partial charge in [-0.25, -0.2) is 8.78 Å². The van der Waals surface area contributed by atoms with E-state index in [2.05, 4.69) is 10.2 Å². The van der Waals surface area contributed by atoms with Gasteiger partial charge in [0.15, 0.2) is 0 Å². The van der Waals surface area contributed by atoms with E-state index in [1.807, 2.05) is 0 Å². The predicted molar refractivity (Wildman–Crippen MR) is 68.0 cm³/mol. The van der Waals surface area contributed by atoms with Crippen LogP contribution in [0.1, 0.15) is 17.2 Å². The van der Waals surface area contributed by atoms with Crippen molar-refractivity contribution in [2.45, 2.75) is 12.1 Å². The Kier molecular flexibility index (Phi) is 3.66. The van der Waals surface area contributed by atoms with Crippen LogP contribution in [0.3, 0.4) is 0 Å². The monoisotopic (exact) mass is 279 g/mol. The van der Waals surface area contributed by atoms with E-state index in [9.17, 15) is 8.78 Å². The molecule has 3 rings (SSSR count). The average molecular weight is 279 g/mol. The second-order valence-electron chi connectivity index (χ2n) is 5.11. The van der Waals surface area contributed by atoms with Crippen molar-refractivity contribution < 1.29 is 13.5 Å². The number of benzene rings is 1. The van der Waals surface area contributed by atoms with Crippen LogP contribution in [-0.4, -0.2) is 43.7 Å².